The Labute approximate surface area is 181 Å². The molecule has 0 radical (unpaired) electrons. The number of amidine groups is 1. The third-order valence-electron chi connectivity index (χ3n) is 4.90. The molecule has 2 aliphatic rings. The molecule has 8 heteroatoms. The fourth-order valence-corrected chi connectivity index (χ4v) is 4.84. The summed E-state index contributed by atoms with van der Waals surface area (Å²) in [7, 11) is 0. The molecule has 5 nitrogen and oxygen atoms in total. The minimum absolute atomic E-state index is 0.159. The zero-order valence-electron chi connectivity index (χ0n) is 15.0. The van der Waals surface area contributed by atoms with Crippen LogP contribution in [0.25, 0.3) is 10.9 Å². The standard InChI is InChI=1S/C21H14Cl2N4OS/c22-15-7-3-2-6-13(15)17-10-18(27(26-17)21-25-19(28)11-29-21)14-9-12-5-1-4-8-16(12)24-20(14)23/h1-9,18H,10-11H2. The molecule has 3 heterocycles. The maximum absolute atomic E-state index is 11.8. The van der Waals surface area contributed by atoms with Crippen LogP contribution in [0, 0.1) is 0 Å². The number of aliphatic imine (C=N–C) groups is 1. The molecule has 5 rings (SSSR count). The lowest BCUT2D eigenvalue weighted by Gasteiger charge is -2.23. The number of rotatable bonds is 2. The molecule has 1 atom stereocenters. The van der Waals surface area contributed by atoms with Crippen molar-refractivity contribution in [3.8, 4) is 0 Å². The summed E-state index contributed by atoms with van der Waals surface area (Å²) >= 11 is 14.4. The SMILES string of the molecule is O=C1CSC(N2N=C(c3ccccc3Cl)CC2c2cc3ccccc3nc2Cl)=N1. The minimum atomic E-state index is -0.219. The molecule has 0 bridgehead atoms. The minimum Gasteiger partial charge on any atom is -0.272 e. The van der Waals surface area contributed by atoms with E-state index >= 15 is 0 Å². The van der Waals surface area contributed by atoms with Gasteiger partial charge in [0.05, 0.1) is 23.0 Å². The number of para-hydroxylation sites is 1. The van der Waals surface area contributed by atoms with E-state index in [4.69, 9.17) is 28.3 Å². The second kappa shape index (κ2) is 7.44. The third kappa shape index (κ3) is 3.41. The second-order valence-corrected chi connectivity index (χ2v) is 8.44. The van der Waals surface area contributed by atoms with Crippen LogP contribution in [0.3, 0.4) is 0 Å². The van der Waals surface area contributed by atoms with Crippen molar-refractivity contribution in [2.45, 2.75) is 12.5 Å². The lowest BCUT2D eigenvalue weighted by Crippen LogP contribution is -2.24. The van der Waals surface area contributed by atoms with E-state index in [9.17, 15) is 4.79 Å². The van der Waals surface area contributed by atoms with Gasteiger partial charge in [-0.15, -0.1) is 0 Å². The molecule has 144 valence electrons. The maximum atomic E-state index is 11.8. The van der Waals surface area contributed by atoms with Crippen molar-refractivity contribution in [2.24, 2.45) is 10.1 Å². The molecule has 1 amide bonds. The lowest BCUT2D eigenvalue weighted by atomic mass is 9.98. The van der Waals surface area contributed by atoms with Crippen LogP contribution >= 0.6 is 35.0 Å². The Hall–Kier alpha value is -2.41. The summed E-state index contributed by atoms with van der Waals surface area (Å²) in [5.41, 5.74) is 3.37. The molecule has 2 aromatic carbocycles. The third-order valence-corrected chi connectivity index (χ3v) is 6.46. The molecule has 0 fully saturated rings. The van der Waals surface area contributed by atoms with E-state index in [-0.39, 0.29) is 11.9 Å². The lowest BCUT2D eigenvalue weighted by molar-refractivity contribution is -0.115. The quantitative estimate of drug-likeness (QED) is 0.505. The fourth-order valence-electron chi connectivity index (χ4n) is 3.54. The highest BCUT2D eigenvalue weighted by molar-refractivity contribution is 8.14. The first-order chi connectivity index (χ1) is 14.1. The van der Waals surface area contributed by atoms with Crippen molar-refractivity contribution in [1.29, 1.82) is 0 Å². The number of pyridine rings is 1. The van der Waals surface area contributed by atoms with Gasteiger partial charge in [-0.25, -0.2) is 9.99 Å². The van der Waals surface area contributed by atoms with E-state index in [0.29, 0.717) is 27.5 Å². The number of aromatic nitrogens is 1. The Bertz CT molecular complexity index is 1210. The molecule has 1 unspecified atom stereocenters. The average molecular weight is 441 g/mol. The highest BCUT2D eigenvalue weighted by atomic mass is 35.5. The van der Waals surface area contributed by atoms with Crippen molar-refractivity contribution in [3.63, 3.8) is 0 Å². The summed E-state index contributed by atoms with van der Waals surface area (Å²) in [5.74, 6) is 0.159. The van der Waals surface area contributed by atoms with Crippen molar-refractivity contribution < 1.29 is 4.79 Å². The van der Waals surface area contributed by atoms with Crippen LogP contribution < -0.4 is 0 Å². The number of carbonyl (C=O) groups is 1. The van der Waals surface area contributed by atoms with Crippen molar-refractivity contribution in [3.05, 3.63) is 75.9 Å². The first-order valence-corrected chi connectivity index (χ1v) is 10.8. The zero-order valence-corrected chi connectivity index (χ0v) is 17.4. The van der Waals surface area contributed by atoms with Crippen LogP contribution in [0.2, 0.25) is 10.2 Å². The Morgan fingerprint density at radius 1 is 1.07 bits per heavy atom. The number of hydrogen-bond donors (Lipinski definition) is 0. The van der Waals surface area contributed by atoms with Gasteiger partial charge in [0.1, 0.15) is 5.15 Å². The summed E-state index contributed by atoms with van der Waals surface area (Å²) < 4.78 is 0. The number of nitrogens with zero attached hydrogens (tertiary/aromatic N) is 4. The summed E-state index contributed by atoms with van der Waals surface area (Å²) in [6, 6.07) is 17.2. The number of halogens is 2. The molecule has 29 heavy (non-hydrogen) atoms. The smallest absolute Gasteiger partial charge is 0.258 e. The van der Waals surface area contributed by atoms with Gasteiger partial charge in [-0.2, -0.15) is 10.1 Å². The Kier molecular flexibility index (Phi) is 4.78. The number of thioether (sulfide) groups is 1. The highest BCUT2D eigenvalue weighted by Crippen LogP contribution is 2.40. The topological polar surface area (TPSA) is 57.9 Å². The van der Waals surface area contributed by atoms with E-state index in [1.54, 1.807) is 5.01 Å². The largest absolute Gasteiger partial charge is 0.272 e. The first-order valence-electron chi connectivity index (χ1n) is 9.01. The Morgan fingerprint density at radius 3 is 2.66 bits per heavy atom. The van der Waals surface area contributed by atoms with Crippen molar-refractivity contribution in [1.82, 2.24) is 9.99 Å². The highest BCUT2D eigenvalue weighted by Gasteiger charge is 2.36. The summed E-state index contributed by atoms with van der Waals surface area (Å²) in [5, 5.41) is 9.20. The van der Waals surface area contributed by atoms with Crippen LogP contribution in [0.15, 0.2) is 64.7 Å². The average Bonchev–Trinajstić information content (AvgIpc) is 3.34. The number of hydrazone groups is 1. The number of benzene rings is 2. The van der Waals surface area contributed by atoms with E-state index < -0.39 is 0 Å². The van der Waals surface area contributed by atoms with Crippen LogP contribution in [0.5, 0.6) is 0 Å². The van der Waals surface area contributed by atoms with E-state index in [1.165, 1.54) is 11.8 Å². The molecule has 2 aliphatic heterocycles. The molecule has 0 spiro atoms. The molecule has 3 aromatic rings. The van der Waals surface area contributed by atoms with Gasteiger partial charge < -0.3 is 0 Å². The molecule has 1 aromatic heterocycles. The fraction of sp³-hybridized carbons (Fsp3) is 0.143. The molecular weight excluding hydrogens is 427 g/mol. The molecule has 0 N–H and O–H groups in total. The Balaban J connectivity index is 1.62. The Morgan fingerprint density at radius 2 is 1.86 bits per heavy atom. The van der Waals surface area contributed by atoms with Gasteiger partial charge in [-0.1, -0.05) is 71.4 Å². The van der Waals surface area contributed by atoms with Gasteiger partial charge in [-0.3, -0.25) is 4.79 Å². The monoisotopic (exact) mass is 440 g/mol. The second-order valence-electron chi connectivity index (χ2n) is 6.73. The normalized spacial score (nSPS) is 19.0. The van der Waals surface area contributed by atoms with Gasteiger partial charge in [0.2, 0.25) is 0 Å². The van der Waals surface area contributed by atoms with Crippen LogP contribution in [0.1, 0.15) is 23.6 Å². The number of carbonyl (C=O) groups excluding carboxylic acids is 1. The maximum Gasteiger partial charge on any atom is 0.258 e. The number of fused-ring (bicyclic) bond motifs is 1. The van der Waals surface area contributed by atoms with E-state index in [1.807, 2.05) is 54.6 Å². The van der Waals surface area contributed by atoms with Gasteiger partial charge in [0.15, 0.2) is 5.17 Å². The summed E-state index contributed by atoms with van der Waals surface area (Å²) in [4.78, 5) is 20.5. The molecule has 0 aliphatic carbocycles. The van der Waals surface area contributed by atoms with Gasteiger partial charge >= 0.3 is 0 Å². The van der Waals surface area contributed by atoms with Crippen LogP contribution in [0.4, 0.5) is 0 Å². The summed E-state index contributed by atoms with van der Waals surface area (Å²) in [6.07, 6.45) is 0.581. The number of amides is 1. The van der Waals surface area contributed by atoms with Crippen LogP contribution in [-0.2, 0) is 4.79 Å². The van der Waals surface area contributed by atoms with E-state index in [2.05, 4.69) is 9.98 Å². The predicted octanol–water partition coefficient (Wildman–Crippen LogP) is 5.32. The van der Waals surface area contributed by atoms with Crippen molar-refractivity contribution >= 4 is 62.7 Å². The zero-order chi connectivity index (χ0) is 20.0. The predicted molar refractivity (Wildman–Crippen MR) is 119 cm³/mol. The molecule has 0 saturated carbocycles. The van der Waals surface area contributed by atoms with E-state index in [0.717, 1.165) is 27.7 Å². The molecule has 0 saturated heterocycles. The van der Waals surface area contributed by atoms with Gasteiger partial charge in [0, 0.05) is 28.0 Å². The van der Waals surface area contributed by atoms with Gasteiger partial charge in [0.25, 0.3) is 5.91 Å². The van der Waals surface area contributed by atoms with Crippen LogP contribution in [-0.4, -0.2) is 32.5 Å². The molecular formula is C21H14Cl2N4OS. The first kappa shape index (κ1) is 18.6. The number of hydrogen-bond acceptors (Lipinski definition) is 5. The van der Waals surface area contributed by atoms with Gasteiger partial charge in [-0.05, 0) is 18.2 Å². The summed E-state index contributed by atoms with van der Waals surface area (Å²) in [6.45, 7) is 0. The van der Waals surface area contributed by atoms with Crippen molar-refractivity contribution in [2.75, 3.05) is 5.75 Å².